The van der Waals surface area contributed by atoms with Gasteiger partial charge in [-0.15, -0.1) is 0 Å². The van der Waals surface area contributed by atoms with Crippen LogP contribution in [-0.4, -0.2) is 12.6 Å². The molecule has 2 aliphatic rings. The fraction of sp³-hybridized carbons (Fsp3) is 0.647. The Morgan fingerprint density at radius 2 is 2.00 bits per heavy atom. The van der Waals surface area contributed by atoms with E-state index in [1.54, 1.807) is 0 Å². The molecule has 0 unspecified atom stereocenters. The highest BCUT2D eigenvalue weighted by molar-refractivity contribution is 5.59. The molecule has 0 bridgehead atoms. The van der Waals surface area contributed by atoms with Gasteiger partial charge < -0.3 is 10.1 Å². The molecule has 1 heterocycles. The fourth-order valence-electron chi connectivity index (χ4n) is 3.26. The smallest absolute Gasteiger partial charge is 0.124 e. The standard InChI is InChI=1S/C17H25NO/c1-17(2)10-8-13(9-11-17)19-16-7-3-6-15-14(16)5-4-12-18-15/h3,6-7,13,18H,4-5,8-12H2,1-2H3. The zero-order chi connectivity index (χ0) is 13.3. The van der Waals surface area contributed by atoms with Crippen molar-refractivity contribution in [1.82, 2.24) is 0 Å². The van der Waals surface area contributed by atoms with Crippen LogP contribution in [0.3, 0.4) is 0 Å². The van der Waals surface area contributed by atoms with Crippen molar-refractivity contribution in [3.05, 3.63) is 23.8 Å². The molecule has 0 radical (unpaired) electrons. The molecule has 0 amide bonds. The van der Waals surface area contributed by atoms with Crippen molar-refractivity contribution in [3.63, 3.8) is 0 Å². The molecule has 1 aromatic carbocycles. The number of hydrogen-bond acceptors (Lipinski definition) is 2. The molecular formula is C17H25NO. The molecule has 0 saturated heterocycles. The first-order valence-electron chi connectivity index (χ1n) is 7.66. The van der Waals surface area contributed by atoms with Crippen LogP contribution in [0, 0.1) is 5.41 Å². The van der Waals surface area contributed by atoms with E-state index in [9.17, 15) is 0 Å². The Labute approximate surface area is 116 Å². The molecule has 0 aromatic heterocycles. The zero-order valence-electron chi connectivity index (χ0n) is 12.2. The Hall–Kier alpha value is -1.18. The third kappa shape index (κ3) is 2.88. The van der Waals surface area contributed by atoms with Gasteiger partial charge in [-0.25, -0.2) is 0 Å². The highest BCUT2D eigenvalue weighted by Gasteiger charge is 2.28. The molecule has 2 heteroatoms. The van der Waals surface area contributed by atoms with Gasteiger partial charge in [-0.05, 0) is 56.1 Å². The van der Waals surface area contributed by atoms with Gasteiger partial charge in [0.2, 0.25) is 0 Å². The quantitative estimate of drug-likeness (QED) is 0.850. The molecule has 3 rings (SSSR count). The third-order valence-corrected chi connectivity index (χ3v) is 4.63. The fourth-order valence-corrected chi connectivity index (χ4v) is 3.26. The third-order valence-electron chi connectivity index (χ3n) is 4.63. The monoisotopic (exact) mass is 259 g/mol. The van der Waals surface area contributed by atoms with Crippen molar-refractivity contribution in [2.75, 3.05) is 11.9 Å². The van der Waals surface area contributed by atoms with Crippen molar-refractivity contribution in [2.24, 2.45) is 5.41 Å². The van der Waals surface area contributed by atoms with Crippen LogP contribution < -0.4 is 10.1 Å². The second-order valence-electron chi connectivity index (χ2n) is 6.79. The Morgan fingerprint density at radius 3 is 2.79 bits per heavy atom. The summed E-state index contributed by atoms with van der Waals surface area (Å²) in [5.41, 5.74) is 3.18. The Balaban J connectivity index is 1.70. The lowest BCUT2D eigenvalue weighted by Gasteiger charge is -2.35. The number of nitrogens with one attached hydrogen (secondary N) is 1. The molecule has 1 aliphatic carbocycles. The van der Waals surface area contributed by atoms with Gasteiger partial charge >= 0.3 is 0 Å². The van der Waals surface area contributed by atoms with Gasteiger partial charge in [0.1, 0.15) is 5.75 Å². The molecule has 2 nitrogen and oxygen atoms in total. The van der Waals surface area contributed by atoms with E-state index in [2.05, 4.69) is 37.4 Å². The topological polar surface area (TPSA) is 21.3 Å². The van der Waals surface area contributed by atoms with Gasteiger partial charge in [-0.3, -0.25) is 0 Å². The number of hydrogen-bond donors (Lipinski definition) is 1. The molecule has 1 N–H and O–H groups in total. The van der Waals surface area contributed by atoms with Crippen molar-refractivity contribution in [1.29, 1.82) is 0 Å². The van der Waals surface area contributed by atoms with Crippen molar-refractivity contribution in [3.8, 4) is 5.75 Å². The Bertz CT molecular complexity index is 443. The van der Waals surface area contributed by atoms with E-state index in [0.717, 1.165) is 18.7 Å². The summed E-state index contributed by atoms with van der Waals surface area (Å²) in [7, 11) is 0. The average molecular weight is 259 g/mol. The van der Waals surface area contributed by atoms with Crippen LogP contribution in [0.2, 0.25) is 0 Å². The summed E-state index contributed by atoms with van der Waals surface area (Å²) >= 11 is 0. The van der Waals surface area contributed by atoms with E-state index in [1.165, 1.54) is 43.4 Å². The number of rotatable bonds is 2. The predicted molar refractivity (Wildman–Crippen MR) is 79.9 cm³/mol. The van der Waals surface area contributed by atoms with E-state index in [4.69, 9.17) is 4.74 Å². The maximum Gasteiger partial charge on any atom is 0.124 e. The molecule has 1 fully saturated rings. The summed E-state index contributed by atoms with van der Waals surface area (Å²) in [5.74, 6) is 1.12. The Kier molecular flexibility index (Phi) is 3.42. The highest BCUT2D eigenvalue weighted by Crippen LogP contribution is 2.38. The van der Waals surface area contributed by atoms with Crippen LogP contribution in [0.1, 0.15) is 51.5 Å². The summed E-state index contributed by atoms with van der Waals surface area (Å²) in [4.78, 5) is 0. The minimum atomic E-state index is 0.418. The van der Waals surface area contributed by atoms with Gasteiger partial charge in [0.25, 0.3) is 0 Å². The van der Waals surface area contributed by atoms with E-state index >= 15 is 0 Å². The first-order valence-corrected chi connectivity index (χ1v) is 7.66. The Morgan fingerprint density at radius 1 is 1.21 bits per heavy atom. The molecule has 19 heavy (non-hydrogen) atoms. The second-order valence-corrected chi connectivity index (χ2v) is 6.79. The highest BCUT2D eigenvalue weighted by atomic mass is 16.5. The molecule has 1 aliphatic heterocycles. The first kappa shape index (κ1) is 12.8. The maximum absolute atomic E-state index is 6.31. The summed E-state index contributed by atoms with van der Waals surface area (Å²) in [6.45, 7) is 5.84. The summed E-state index contributed by atoms with van der Waals surface area (Å²) in [5, 5.41) is 3.47. The van der Waals surface area contributed by atoms with Crippen molar-refractivity contribution >= 4 is 5.69 Å². The van der Waals surface area contributed by atoms with E-state index in [0.29, 0.717) is 11.5 Å². The van der Waals surface area contributed by atoms with Crippen LogP contribution in [0.4, 0.5) is 5.69 Å². The van der Waals surface area contributed by atoms with Gasteiger partial charge in [0.15, 0.2) is 0 Å². The van der Waals surface area contributed by atoms with Gasteiger partial charge in [-0.1, -0.05) is 19.9 Å². The predicted octanol–water partition coefficient (Wildman–Crippen LogP) is 4.39. The lowest BCUT2D eigenvalue weighted by atomic mass is 9.76. The lowest BCUT2D eigenvalue weighted by Crippen LogP contribution is -2.28. The van der Waals surface area contributed by atoms with Gasteiger partial charge in [0.05, 0.1) is 6.10 Å². The number of fused-ring (bicyclic) bond motifs is 1. The first-order chi connectivity index (χ1) is 9.14. The molecule has 1 saturated carbocycles. The number of ether oxygens (including phenoxy) is 1. The second kappa shape index (κ2) is 5.07. The average Bonchev–Trinajstić information content (AvgIpc) is 2.42. The van der Waals surface area contributed by atoms with E-state index in [-0.39, 0.29) is 0 Å². The van der Waals surface area contributed by atoms with Crippen molar-refractivity contribution < 1.29 is 4.74 Å². The molecule has 104 valence electrons. The molecule has 1 aromatic rings. The zero-order valence-corrected chi connectivity index (χ0v) is 12.2. The van der Waals surface area contributed by atoms with Crippen LogP contribution >= 0.6 is 0 Å². The van der Waals surface area contributed by atoms with Crippen LogP contribution in [-0.2, 0) is 6.42 Å². The van der Waals surface area contributed by atoms with Crippen LogP contribution in [0.25, 0.3) is 0 Å². The summed E-state index contributed by atoms with van der Waals surface area (Å²) in [6, 6.07) is 6.43. The van der Waals surface area contributed by atoms with Crippen molar-refractivity contribution in [2.45, 2.75) is 58.5 Å². The minimum absolute atomic E-state index is 0.418. The lowest BCUT2D eigenvalue weighted by molar-refractivity contribution is 0.0979. The van der Waals surface area contributed by atoms with Gasteiger partial charge in [0, 0.05) is 17.8 Å². The molecule has 0 spiro atoms. The summed E-state index contributed by atoms with van der Waals surface area (Å²) < 4.78 is 6.31. The number of anilines is 1. The SMILES string of the molecule is CC1(C)CCC(Oc2cccc3c2CCCN3)CC1. The van der Waals surface area contributed by atoms with Crippen LogP contribution in [0.5, 0.6) is 5.75 Å². The normalized spacial score (nSPS) is 22.4. The van der Waals surface area contributed by atoms with E-state index < -0.39 is 0 Å². The minimum Gasteiger partial charge on any atom is -0.490 e. The maximum atomic E-state index is 6.31. The van der Waals surface area contributed by atoms with Gasteiger partial charge in [-0.2, -0.15) is 0 Å². The molecular weight excluding hydrogens is 234 g/mol. The summed E-state index contributed by atoms with van der Waals surface area (Å²) in [6.07, 6.45) is 7.74. The number of benzene rings is 1. The molecule has 0 atom stereocenters. The van der Waals surface area contributed by atoms with E-state index in [1.807, 2.05) is 0 Å². The largest absolute Gasteiger partial charge is 0.490 e. The van der Waals surface area contributed by atoms with Crippen LogP contribution in [0.15, 0.2) is 18.2 Å².